The Bertz CT molecular complexity index is 810. The van der Waals surface area contributed by atoms with Gasteiger partial charge in [-0.3, -0.25) is 9.40 Å². The highest BCUT2D eigenvalue weighted by atomic mass is 32.2. The molecule has 0 saturated heterocycles. The molecule has 0 aliphatic carbocycles. The van der Waals surface area contributed by atoms with Crippen molar-refractivity contribution in [1.82, 2.24) is 9.78 Å². The molecule has 5 nitrogen and oxygen atoms in total. The van der Waals surface area contributed by atoms with Crippen molar-refractivity contribution in [3.63, 3.8) is 0 Å². The summed E-state index contributed by atoms with van der Waals surface area (Å²) in [5.74, 6) is 0. The molecule has 0 radical (unpaired) electrons. The van der Waals surface area contributed by atoms with Crippen LogP contribution in [0.5, 0.6) is 0 Å². The number of hydrogen-bond donors (Lipinski definition) is 1. The van der Waals surface area contributed by atoms with E-state index in [2.05, 4.69) is 9.82 Å². The van der Waals surface area contributed by atoms with Crippen molar-refractivity contribution in [2.75, 3.05) is 4.72 Å². The van der Waals surface area contributed by atoms with Gasteiger partial charge in [-0.05, 0) is 32.0 Å². The third-order valence-corrected chi connectivity index (χ3v) is 4.56. The highest BCUT2D eigenvalue weighted by Gasteiger charge is 2.32. The van der Waals surface area contributed by atoms with Gasteiger partial charge in [0.05, 0.1) is 27.5 Å². The van der Waals surface area contributed by atoms with Crippen LogP contribution < -0.4 is 4.72 Å². The molecule has 2 rings (SSSR count). The Hall–Kier alpha value is -2.03. The van der Waals surface area contributed by atoms with E-state index < -0.39 is 26.7 Å². The molecular formula is C13H14F3N3O2S. The molecule has 0 aliphatic heterocycles. The van der Waals surface area contributed by atoms with Gasteiger partial charge in [0.1, 0.15) is 0 Å². The van der Waals surface area contributed by atoms with Crippen LogP contribution in [-0.4, -0.2) is 18.2 Å². The molecule has 0 bridgehead atoms. The van der Waals surface area contributed by atoms with E-state index in [1.54, 1.807) is 20.9 Å². The van der Waals surface area contributed by atoms with Gasteiger partial charge in [-0.25, -0.2) is 8.42 Å². The van der Waals surface area contributed by atoms with Crippen LogP contribution in [0.1, 0.15) is 17.0 Å². The first kappa shape index (κ1) is 16.3. The summed E-state index contributed by atoms with van der Waals surface area (Å²) in [6.45, 7) is 3.26. The third kappa shape index (κ3) is 3.08. The first-order chi connectivity index (χ1) is 10.0. The van der Waals surface area contributed by atoms with E-state index in [1.165, 1.54) is 4.68 Å². The van der Waals surface area contributed by atoms with Gasteiger partial charge in [0, 0.05) is 7.05 Å². The fourth-order valence-electron chi connectivity index (χ4n) is 1.95. The molecular weight excluding hydrogens is 319 g/mol. The van der Waals surface area contributed by atoms with Gasteiger partial charge in [0.2, 0.25) is 0 Å². The summed E-state index contributed by atoms with van der Waals surface area (Å²) in [6, 6.07) is 3.59. The molecule has 1 N–H and O–H groups in total. The number of alkyl halides is 3. The van der Waals surface area contributed by atoms with Gasteiger partial charge < -0.3 is 0 Å². The van der Waals surface area contributed by atoms with E-state index in [1.807, 2.05) is 0 Å². The zero-order valence-electron chi connectivity index (χ0n) is 12.1. The van der Waals surface area contributed by atoms with Crippen molar-refractivity contribution in [2.45, 2.75) is 24.9 Å². The summed E-state index contributed by atoms with van der Waals surface area (Å²) < 4.78 is 66.4. The average molecular weight is 333 g/mol. The van der Waals surface area contributed by atoms with Crippen LogP contribution in [0, 0.1) is 13.8 Å². The quantitative estimate of drug-likeness (QED) is 0.939. The Balaban J connectivity index is 2.43. The molecule has 1 aromatic heterocycles. The largest absolute Gasteiger partial charge is 0.416 e. The minimum Gasteiger partial charge on any atom is -0.276 e. The van der Waals surface area contributed by atoms with E-state index in [-0.39, 0.29) is 5.69 Å². The van der Waals surface area contributed by atoms with Crippen molar-refractivity contribution < 1.29 is 21.6 Å². The molecule has 0 spiro atoms. The van der Waals surface area contributed by atoms with E-state index in [9.17, 15) is 21.6 Å². The number of nitrogens with one attached hydrogen (secondary N) is 1. The monoisotopic (exact) mass is 333 g/mol. The van der Waals surface area contributed by atoms with Crippen LogP contribution in [0.15, 0.2) is 29.2 Å². The Morgan fingerprint density at radius 2 is 1.86 bits per heavy atom. The first-order valence-electron chi connectivity index (χ1n) is 6.22. The van der Waals surface area contributed by atoms with Crippen molar-refractivity contribution in [1.29, 1.82) is 0 Å². The van der Waals surface area contributed by atoms with Crippen molar-refractivity contribution in [3.05, 3.63) is 41.2 Å². The lowest BCUT2D eigenvalue weighted by Crippen LogP contribution is -2.15. The fourth-order valence-corrected chi connectivity index (χ4v) is 3.18. The Morgan fingerprint density at radius 1 is 1.23 bits per heavy atom. The van der Waals surface area contributed by atoms with Crippen molar-refractivity contribution >= 4 is 15.7 Å². The predicted octanol–water partition coefficient (Wildman–Crippen LogP) is 2.86. The number of sulfonamides is 1. The van der Waals surface area contributed by atoms with Gasteiger partial charge in [-0.1, -0.05) is 6.07 Å². The first-order valence-corrected chi connectivity index (χ1v) is 7.71. The molecule has 0 amide bonds. The lowest BCUT2D eigenvalue weighted by molar-refractivity contribution is -0.137. The van der Waals surface area contributed by atoms with Gasteiger partial charge in [0.25, 0.3) is 10.0 Å². The second-order valence-electron chi connectivity index (χ2n) is 4.80. The maximum absolute atomic E-state index is 12.7. The molecule has 0 atom stereocenters. The minimum atomic E-state index is -4.61. The van der Waals surface area contributed by atoms with Gasteiger partial charge in [-0.15, -0.1) is 0 Å². The van der Waals surface area contributed by atoms with Crippen LogP contribution in [0.3, 0.4) is 0 Å². The van der Waals surface area contributed by atoms with Crippen molar-refractivity contribution in [3.8, 4) is 0 Å². The third-order valence-electron chi connectivity index (χ3n) is 3.22. The fraction of sp³-hybridized carbons (Fsp3) is 0.308. The van der Waals surface area contributed by atoms with Gasteiger partial charge in [0.15, 0.2) is 0 Å². The lowest BCUT2D eigenvalue weighted by Gasteiger charge is -2.11. The number of rotatable bonds is 3. The maximum Gasteiger partial charge on any atom is 0.416 e. The molecule has 120 valence electrons. The van der Waals surface area contributed by atoms with E-state index in [0.717, 1.165) is 18.2 Å². The number of aromatic nitrogens is 2. The number of halogens is 3. The summed E-state index contributed by atoms with van der Waals surface area (Å²) in [4.78, 5) is -0.454. The Labute approximate surface area is 125 Å². The van der Waals surface area contributed by atoms with Crippen LogP contribution in [0.25, 0.3) is 0 Å². The molecule has 0 unspecified atom stereocenters. The molecule has 1 heterocycles. The Kier molecular flexibility index (Phi) is 3.94. The molecule has 0 saturated carbocycles. The molecule has 22 heavy (non-hydrogen) atoms. The highest BCUT2D eigenvalue weighted by molar-refractivity contribution is 7.92. The van der Waals surface area contributed by atoms with Crippen molar-refractivity contribution in [2.24, 2.45) is 7.05 Å². The standard InChI is InChI=1S/C13H14F3N3O2S/c1-8-12(9(2)19(3)17-8)18-22(20,21)11-6-4-5-10(7-11)13(14,15)16/h4-7,18H,1-3H3. The molecule has 0 aliphatic rings. The minimum absolute atomic E-state index is 0.264. The number of hydrogen-bond acceptors (Lipinski definition) is 3. The van der Waals surface area contributed by atoms with Gasteiger partial charge in [-0.2, -0.15) is 18.3 Å². The molecule has 1 aromatic carbocycles. The summed E-state index contributed by atoms with van der Waals surface area (Å²) in [6.07, 6.45) is -4.61. The smallest absolute Gasteiger partial charge is 0.276 e. The Morgan fingerprint density at radius 3 is 2.36 bits per heavy atom. The number of nitrogens with zero attached hydrogens (tertiary/aromatic N) is 2. The number of anilines is 1. The van der Waals surface area contributed by atoms with E-state index in [0.29, 0.717) is 17.5 Å². The zero-order chi connectivity index (χ0) is 16.7. The summed E-state index contributed by atoms with van der Waals surface area (Å²) in [7, 11) is -2.49. The average Bonchev–Trinajstić information content (AvgIpc) is 2.64. The zero-order valence-corrected chi connectivity index (χ0v) is 12.9. The van der Waals surface area contributed by atoms with E-state index >= 15 is 0 Å². The topological polar surface area (TPSA) is 64.0 Å². The summed E-state index contributed by atoms with van der Waals surface area (Å²) >= 11 is 0. The maximum atomic E-state index is 12.7. The SMILES string of the molecule is Cc1nn(C)c(C)c1NS(=O)(=O)c1cccc(C(F)(F)F)c1. The van der Waals surface area contributed by atoms with Crippen LogP contribution >= 0.6 is 0 Å². The molecule has 9 heteroatoms. The second kappa shape index (κ2) is 5.31. The van der Waals surface area contributed by atoms with Crippen LogP contribution in [0.4, 0.5) is 18.9 Å². The normalized spacial score (nSPS) is 12.5. The molecule has 0 fully saturated rings. The number of aryl methyl sites for hydroxylation is 2. The van der Waals surface area contributed by atoms with Crippen LogP contribution in [-0.2, 0) is 23.2 Å². The van der Waals surface area contributed by atoms with E-state index in [4.69, 9.17) is 0 Å². The lowest BCUT2D eigenvalue weighted by atomic mass is 10.2. The molecule has 2 aromatic rings. The van der Waals surface area contributed by atoms with Gasteiger partial charge >= 0.3 is 6.18 Å². The summed E-state index contributed by atoms with van der Waals surface area (Å²) in [5.41, 5.74) is 0.249. The highest BCUT2D eigenvalue weighted by Crippen LogP contribution is 2.31. The predicted molar refractivity (Wildman–Crippen MR) is 74.9 cm³/mol. The summed E-state index contributed by atoms with van der Waals surface area (Å²) in [5, 5.41) is 4.05. The van der Waals surface area contributed by atoms with Crippen LogP contribution in [0.2, 0.25) is 0 Å². The number of benzene rings is 1. The second-order valence-corrected chi connectivity index (χ2v) is 6.48.